The summed E-state index contributed by atoms with van der Waals surface area (Å²) in [5.74, 6) is 0.856. The van der Waals surface area contributed by atoms with Crippen molar-refractivity contribution < 1.29 is 4.74 Å². The molecule has 4 nitrogen and oxygen atoms in total. The number of methoxy groups -OCH3 is 1. The average Bonchev–Trinajstić information content (AvgIpc) is 3.36. The van der Waals surface area contributed by atoms with Gasteiger partial charge in [0.1, 0.15) is 11.4 Å². The number of aryl methyl sites for hydroxylation is 1. The third-order valence-electron chi connectivity index (χ3n) is 4.80. The zero-order valence-corrected chi connectivity index (χ0v) is 14.7. The first-order valence-electron chi connectivity index (χ1n) is 8.41. The topological polar surface area (TPSA) is 39.9 Å². The van der Waals surface area contributed by atoms with Gasteiger partial charge in [0.2, 0.25) is 0 Å². The van der Waals surface area contributed by atoms with Crippen molar-refractivity contribution in [1.29, 1.82) is 0 Å². The van der Waals surface area contributed by atoms with Crippen molar-refractivity contribution in [3.8, 4) is 28.1 Å². The number of aromatic nitrogens is 3. The van der Waals surface area contributed by atoms with E-state index in [-0.39, 0.29) is 0 Å². The predicted molar refractivity (Wildman–Crippen MR) is 101 cm³/mol. The fourth-order valence-electron chi connectivity index (χ4n) is 3.62. The molecule has 3 heterocycles. The van der Waals surface area contributed by atoms with E-state index in [1.165, 1.54) is 21.5 Å². The number of benzene rings is 2. The molecule has 0 unspecified atom stereocenters. The van der Waals surface area contributed by atoms with E-state index in [1.54, 1.807) is 18.4 Å². The van der Waals surface area contributed by atoms with E-state index in [4.69, 9.17) is 9.84 Å². The van der Waals surface area contributed by atoms with Gasteiger partial charge in [0.15, 0.2) is 0 Å². The SMILES string of the molecule is COc1cccc(-c2nn3c(c2-c2ccc4ncsc4c2)CCC3)c1. The lowest BCUT2D eigenvalue weighted by atomic mass is 9.97. The maximum Gasteiger partial charge on any atom is 0.119 e. The highest BCUT2D eigenvalue weighted by Gasteiger charge is 2.24. The van der Waals surface area contributed by atoms with Crippen molar-refractivity contribution in [2.75, 3.05) is 7.11 Å². The number of hydrogen-bond acceptors (Lipinski definition) is 4. The molecule has 2 aromatic heterocycles. The van der Waals surface area contributed by atoms with Gasteiger partial charge in [-0.3, -0.25) is 4.68 Å². The van der Waals surface area contributed by atoms with Crippen molar-refractivity contribution >= 4 is 21.6 Å². The molecule has 0 saturated carbocycles. The molecule has 0 atom stereocenters. The second-order valence-corrected chi connectivity index (χ2v) is 7.15. The Labute approximate surface area is 149 Å². The molecule has 1 aliphatic rings. The molecular weight excluding hydrogens is 330 g/mol. The largest absolute Gasteiger partial charge is 0.497 e. The smallest absolute Gasteiger partial charge is 0.119 e. The van der Waals surface area contributed by atoms with Gasteiger partial charge in [-0.2, -0.15) is 5.10 Å². The molecule has 0 N–H and O–H groups in total. The van der Waals surface area contributed by atoms with E-state index in [0.29, 0.717) is 0 Å². The van der Waals surface area contributed by atoms with Crippen LogP contribution in [0, 0.1) is 0 Å². The molecular formula is C20H17N3OS. The Balaban J connectivity index is 1.74. The summed E-state index contributed by atoms with van der Waals surface area (Å²) in [4.78, 5) is 4.40. The zero-order valence-electron chi connectivity index (χ0n) is 13.9. The lowest BCUT2D eigenvalue weighted by molar-refractivity contribution is 0.415. The predicted octanol–water partition coefficient (Wildman–Crippen LogP) is 4.78. The van der Waals surface area contributed by atoms with Crippen LogP contribution in [0.2, 0.25) is 0 Å². The van der Waals surface area contributed by atoms with Gasteiger partial charge in [-0.15, -0.1) is 11.3 Å². The summed E-state index contributed by atoms with van der Waals surface area (Å²) in [6.07, 6.45) is 2.24. The summed E-state index contributed by atoms with van der Waals surface area (Å²) in [6.45, 7) is 0.995. The molecule has 0 fully saturated rings. The highest BCUT2D eigenvalue weighted by Crippen LogP contribution is 2.39. The normalized spacial score (nSPS) is 13.3. The van der Waals surface area contributed by atoms with Crippen LogP contribution in [0.4, 0.5) is 0 Å². The van der Waals surface area contributed by atoms with Crippen LogP contribution in [-0.4, -0.2) is 21.9 Å². The number of fused-ring (bicyclic) bond motifs is 2. The van der Waals surface area contributed by atoms with Crippen LogP contribution in [0.15, 0.2) is 48.0 Å². The number of nitrogens with zero attached hydrogens (tertiary/aromatic N) is 3. The molecule has 5 rings (SSSR count). The Kier molecular flexibility index (Phi) is 3.35. The Morgan fingerprint density at radius 2 is 2.08 bits per heavy atom. The lowest BCUT2D eigenvalue weighted by Crippen LogP contribution is -1.94. The third kappa shape index (κ3) is 2.35. The number of thiazole rings is 1. The van der Waals surface area contributed by atoms with Gasteiger partial charge in [-0.25, -0.2) is 4.98 Å². The maximum atomic E-state index is 5.41. The molecule has 124 valence electrons. The highest BCUT2D eigenvalue weighted by molar-refractivity contribution is 7.16. The van der Waals surface area contributed by atoms with Crippen LogP contribution >= 0.6 is 11.3 Å². The number of hydrogen-bond donors (Lipinski definition) is 0. The summed E-state index contributed by atoms with van der Waals surface area (Å²) in [7, 11) is 1.70. The fourth-order valence-corrected chi connectivity index (χ4v) is 4.33. The number of ether oxygens (including phenoxy) is 1. The molecule has 0 bridgehead atoms. The van der Waals surface area contributed by atoms with Crippen LogP contribution in [0.5, 0.6) is 5.75 Å². The zero-order chi connectivity index (χ0) is 16.8. The lowest BCUT2D eigenvalue weighted by Gasteiger charge is -2.07. The van der Waals surface area contributed by atoms with Crippen LogP contribution in [0.3, 0.4) is 0 Å². The van der Waals surface area contributed by atoms with E-state index in [9.17, 15) is 0 Å². The second kappa shape index (κ2) is 5.70. The maximum absolute atomic E-state index is 5.41. The quantitative estimate of drug-likeness (QED) is 0.535. The van der Waals surface area contributed by atoms with E-state index in [0.717, 1.165) is 41.9 Å². The molecule has 0 saturated heterocycles. The summed E-state index contributed by atoms with van der Waals surface area (Å²) in [5, 5.41) is 4.93. The molecule has 2 aromatic carbocycles. The van der Waals surface area contributed by atoms with Gasteiger partial charge < -0.3 is 4.74 Å². The summed E-state index contributed by atoms with van der Waals surface area (Å²) >= 11 is 1.68. The van der Waals surface area contributed by atoms with Crippen molar-refractivity contribution in [2.45, 2.75) is 19.4 Å². The van der Waals surface area contributed by atoms with Gasteiger partial charge in [0, 0.05) is 23.4 Å². The Morgan fingerprint density at radius 3 is 3.00 bits per heavy atom. The van der Waals surface area contributed by atoms with Gasteiger partial charge in [-0.05, 0) is 42.7 Å². The first kappa shape index (κ1) is 14.7. The summed E-state index contributed by atoms with van der Waals surface area (Å²) in [5.41, 5.74) is 8.90. The monoisotopic (exact) mass is 347 g/mol. The standard InChI is InChI=1S/C20H17N3OS/c1-24-15-5-2-4-14(10-15)20-19(17-6-3-9-23(17)22-20)13-7-8-16-18(11-13)25-12-21-16/h2,4-5,7-8,10-12H,3,6,9H2,1H3. The summed E-state index contributed by atoms with van der Waals surface area (Å²) in [6, 6.07) is 14.7. The van der Waals surface area contributed by atoms with Crippen LogP contribution in [0.1, 0.15) is 12.1 Å². The molecule has 0 radical (unpaired) electrons. The van der Waals surface area contributed by atoms with Gasteiger partial charge in [0.05, 0.1) is 22.8 Å². The minimum Gasteiger partial charge on any atom is -0.497 e. The van der Waals surface area contributed by atoms with Gasteiger partial charge in [-0.1, -0.05) is 18.2 Å². The molecule has 4 aromatic rings. The van der Waals surface area contributed by atoms with Gasteiger partial charge >= 0.3 is 0 Å². The Bertz CT molecular complexity index is 1080. The van der Waals surface area contributed by atoms with Crippen molar-refractivity contribution in [3.63, 3.8) is 0 Å². The van der Waals surface area contributed by atoms with Crippen molar-refractivity contribution in [2.24, 2.45) is 0 Å². The number of rotatable bonds is 3. The molecule has 0 amide bonds. The first-order chi connectivity index (χ1) is 12.3. The van der Waals surface area contributed by atoms with Crippen LogP contribution in [-0.2, 0) is 13.0 Å². The fraction of sp³-hybridized carbons (Fsp3) is 0.200. The first-order valence-corrected chi connectivity index (χ1v) is 9.29. The molecule has 1 aliphatic heterocycles. The minimum atomic E-state index is 0.856. The second-order valence-electron chi connectivity index (χ2n) is 6.26. The van der Waals surface area contributed by atoms with Crippen molar-refractivity contribution in [3.05, 3.63) is 53.7 Å². The van der Waals surface area contributed by atoms with E-state index >= 15 is 0 Å². The minimum absolute atomic E-state index is 0.856. The van der Waals surface area contributed by atoms with Crippen molar-refractivity contribution in [1.82, 2.24) is 14.8 Å². The molecule has 5 heteroatoms. The molecule has 25 heavy (non-hydrogen) atoms. The van der Waals surface area contributed by atoms with Gasteiger partial charge in [0.25, 0.3) is 0 Å². The van der Waals surface area contributed by atoms with E-state index in [2.05, 4.69) is 40.0 Å². The molecule has 0 spiro atoms. The highest BCUT2D eigenvalue weighted by atomic mass is 32.1. The average molecular weight is 347 g/mol. The Morgan fingerprint density at radius 1 is 1.12 bits per heavy atom. The Hall–Kier alpha value is -2.66. The van der Waals surface area contributed by atoms with Crippen LogP contribution in [0.25, 0.3) is 32.6 Å². The van der Waals surface area contributed by atoms with Crippen LogP contribution < -0.4 is 4.74 Å². The van der Waals surface area contributed by atoms with E-state index < -0.39 is 0 Å². The van der Waals surface area contributed by atoms with E-state index in [1.807, 2.05) is 17.6 Å². The molecule has 0 aliphatic carbocycles. The summed E-state index contributed by atoms with van der Waals surface area (Å²) < 4.78 is 8.79. The third-order valence-corrected chi connectivity index (χ3v) is 5.60.